The van der Waals surface area contributed by atoms with Gasteiger partial charge >= 0.3 is 0 Å². The molecule has 2 aliphatic heterocycles. The summed E-state index contributed by atoms with van der Waals surface area (Å²) < 4.78 is 5.11. The Hall–Kier alpha value is -11.7. The fourth-order valence-electron chi connectivity index (χ4n) is 17.8. The highest BCUT2D eigenvalue weighted by molar-refractivity contribution is 6.26. The molecule has 416 valence electrons. The number of nitrogens with zero attached hydrogens (tertiary/aromatic N) is 4. The van der Waals surface area contributed by atoms with Crippen LogP contribution in [0.2, 0.25) is 0 Å². The van der Waals surface area contributed by atoms with Gasteiger partial charge in [0.2, 0.25) is 0 Å². The molecule has 0 atom stereocenters. The Bertz CT molecular complexity index is 5380. The van der Waals surface area contributed by atoms with Crippen molar-refractivity contribution >= 4 is 88.8 Å². The maximum absolute atomic E-state index is 2.56. The Morgan fingerprint density at radius 3 is 0.811 bits per heavy atom. The first-order valence-corrected chi connectivity index (χ1v) is 31.4. The average Bonchev–Trinajstić information content (AvgIpc) is 1.44. The van der Waals surface area contributed by atoms with Crippen molar-refractivity contribution in [3.63, 3.8) is 0 Å². The van der Waals surface area contributed by atoms with Crippen LogP contribution in [0.1, 0.15) is 44.5 Å². The molecular formula is C86H52N4. The second-order valence-electron chi connectivity index (χ2n) is 24.9. The van der Waals surface area contributed by atoms with Gasteiger partial charge in [0.1, 0.15) is 0 Å². The molecule has 4 heteroatoms. The van der Waals surface area contributed by atoms with Crippen molar-refractivity contribution in [3.05, 3.63) is 360 Å². The van der Waals surface area contributed by atoms with Crippen LogP contribution >= 0.6 is 0 Å². The predicted molar refractivity (Wildman–Crippen MR) is 372 cm³/mol. The Morgan fingerprint density at radius 2 is 0.478 bits per heavy atom. The monoisotopic (exact) mass is 1140 g/mol. The number of aromatic nitrogens is 2. The number of hydrogen-bond acceptors (Lipinski definition) is 2. The third kappa shape index (κ3) is 5.83. The van der Waals surface area contributed by atoms with Gasteiger partial charge in [-0.05, 0) is 162 Å². The van der Waals surface area contributed by atoms with E-state index in [1.807, 2.05) is 0 Å². The first-order chi connectivity index (χ1) is 44.7. The van der Waals surface area contributed by atoms with Crippen LogP contribution in [0.5, 0.6) is 0 Å². The van der Waals surface area contributed by atoms with Crippen LogP contribution in [0.4, 0.5) is 34.1 Å². The fraction of sp³-hybridized carbons (Fsp3) is 0.0233. The molecule has 3 aromatic heterocycles. The van der Waals surface area contributed by atoms with Crippen molar-refractivity contribution in [2.24, 2.45) is 0 Å². The maximum Gasteiger partial charge on any atom is 0.0789 e. The number of anilines is 6. The van der Waals surface area contributed by atoms with Gasteiger partial charge in [-0.1, -0.05) is 243 Å². The van der Waals surface area contributed by atoms with Crippen LogP contribution in [-0.2, 0) is 10.8 Å². The molecule has 2 spiro atoms. The SMILES string of the molecule is c1ccc2c(c1)-c1ccccc1C21c2ccccc2N(c2ccc(-c3ccc4c5c3c3ccccc3n5c3ccc(-c5ccc(N6c7ccccc7C7(c8ccccc8-c8ccccc87)c7ccccc76)cc5)c5c6ccccc6n4c53)cc2)c2ccccc21. The number of benzene rings is 14. The molecule has 4 nitrogen and oxygen atoms in total. The minimum atomic E-state index is -0.454. The highest BCUT2D eigenvalue weighted by Crippen LogP contribution is 2.65. The van der Waals surface area contributed by atoms with Gasteiger partial charge in [0, 0.05) is 32.9 Å². The molecule has 5 heterocycles. The zero-order valence-electron chi connectivity index (χ0n) is 48.8. The van der Waals surface area contributed by atoms with Gasteiger partial charge in [-0.15, -0.1) is 0 Å². The van der Waals surface area contributed by atoms with Crippen molar-refractivity contribution in [1.82, 2.24) is 8.80 Å². The average molecular weight is 1140 g/mol. The number of rotatable bonds is 4. The molecule has 0 saturated heterocycles. The Labute approximate surface area is 519 Å². The zero-order valence-corrected chi connectivity index (χ0v) is 48.8. The van der Waals surface area contributed by atoms with Crippen molar-refractivity contribution in [2.45, 2.75) is 10.8 Å². The third-order valence-corrected chi connectivity index (χ3v) is 21.0. The van der Waals surface area contributed by atoms with E-state index in [-0.39, 0.29) is 0 Å². The molecule has 21 rings (SSSR count). The quantitative estimate of drug-likeness (QED) is 0.163. The third-order valence-electron chi connectivity index (χ3n) is 21.0. The summed E-state index contributed by atoms with van der Waals surface area (Å²) in [6.45, 7) is 0. The van der Waals surface area contributed by atoms with Crippen LogP contribution < -0.4 is 9.80 Å². The fourth-order valence-corrected chi connectivity index (χ4v) is 17.8. The second-order valence-corrected chi connectivity index (χ2v) is 24.9. The zero-order chi connectivity index (χ0) is 58.6. The Balaban J connectivity index is 0.705. The molecule has 0 unspecified atom stereocenters. The summed E-state index contributed by atoms with van der Waals surface area (Å²) in [5.74, 6) is 0. The van der Waals surface area contributed by atoms with Crippen molar-refractivity contribution in [2.75, 3.05) is 9.80 Å². The van der Waals surface area contributed by atoms with E-state index in [1.165, 1.54) is 166 Å². The summed E-state index contributed by atoms with van der Waals surface area (Å²) >= 11 is 0. The van der Waals surface area contributed by atoms with E-state index in [2.05, 4.69) is 334 Å². The number of hydrogen-bond donors (Lipinski definition) is 0. The smallest absolute Gasteiger partial charge is 0.0789 e. The van der Waals surface area contributed by atoms with E-state index in [4.69, 9.17) is 0 Å². The Kier molecular flexibility index (Phi) is 9.41. The summed E-state index contributed by atoms with van der Waals surface area (Å²) in [4.78, 5) is 4.98. The standard InChI is InChI=1S/C86H52N4/c1-7-27-65-59(21-1)60-22-2-8-28-66(60)85(65)69-31-11-17-37-75(69)87(76-38-18-12-32-70(76)85)55-45-41-53(42-46-55)57-49-51-79-83-81(57)63-25-5-15-35-73(63)89(83)80-52-50-58(82-64-26-6-16-36-74(64)90(79)84(80)82)54-43-47-56(48-44-54)88-77-39-19-13-33-71(77)86(72-34-14-20-40-78(72)88)67-29-9-3-23-61(67)62-24-4-10-30-68(62)86/h1-52H. The highest BCUT2D eigenvalue weighted by Gasteiger charge is 2.53. The van der Waals surface area contributed by atoms with Gasteiger partial charge in [0.15, 0.2) is 0 Å². The van der Waals surface area contributed by atoms with Gasteiger partial charge in [0.25, 0.3) is 0 Å². The van der Waals surface area contributed by atoms with E-state index in [9.17, 15) is 0 Å². The minimum Gasteiger partial charge on any atom is -0.310 e. The lowest BCUT2D eigenvalue weighted by Crippen LogP contribution is -2.36. The van der Waals surface area contributed by atoms with E-state index in [0.29, 0.717) is 0 Å². The molecule has 4 aliphatic rings. The molecule has 0 N–H and O–H groups in total. The van der Waals surface area contributed by atoms with Gasteiger partial charge in [-0.25, -0.2) is 0 Å². The molecule has 0 saturated carbocycles. The topological polar surface area (TPSA) is 15.3 Å². The lowest BCUT2D eigenvalue weighted by atomic mass is 9.64. The lowest BCUT2D eigenvalue weighted by Gasteiger charge is -2.45. The van der Waals surface area contributed by atoms with Crippen LogP contribution in [0, 0.1) is 0 Å². The Morgan fingerprint density at radius 1 is 0.200 bits per heavy atom. The summed E-state index contributed by atoms with van der Waals surface area (Å²) in [5.41, 5.74) is 33.9. The molecular weight excluding hydrogens is 1090 g/mol. The first-order valence-electron chi connectivity index (χ1n) is 31.4. The molecule has 14 aromatic carbocycles. The summed E-state index contributed by atoms with van der Waals surface area (Å²) in [5, 5.41) is 5.00. The summed E-state index contributed by atoms with van der Waals surface area (Å²) in [6.07, 6.45) is 0. The molecule has 90 heavy (non-hydrogen) atoms. The minimum absolute atomic E-state index is 0.454. The second kappa shape index (κ2) is 17.5. The van der Waals surface area contributed by atoms with Crippen LogP contribution in [0.25, 0.3) is 99.2 Å². The van der Waals surface area contributed by atoms with E-state index >= 15 is 0 Å². The first kappa shape index (κ1) is 48.4. The largest absolute Gasteiger partial charge is 0.310 e. The van der Waals surface area contributed by atoms with Crippen molar-refractivity contribution in [3.8, 4) is 44.5 Å². The lowest BCUT2D eigenvalue weighted by molar-refractivity contribution is 0.752. The number of para-hydroxylation sites is 6. The predicted octanol–water partition coefficient (Wildman–Crippen LogP) is 21.9. The molecule has 2 aliphatic carbocycles. The summed E-state index contributed by atoms with van der Waals surface area (Å²) in [6, 6.07) is 119. The molecule has 0 radical (unpaired) electrons. The van der Waals surface area contributed by atoms with Gasteiger partial charge in [0.05, 0.1) is 66.7 Å². The van der Waals surface area contributed by atoms with Gasteiger partial charge in [-0.3, -0.25) is 0 Å². The molecule has 0 fully saturated rings. The van der Waals surface area contributed by atoms with E-state index < -0.39 is 10.8 Å². The maximum atomic E-state index is 2.56. The van der Waals surface area contributed by atoms with Gasteiger partial charge in [-0.2, -0.15) is 0 Å². The molecule has 0 amide bonds. The van der Waals surface area contributed by atoms with Crippen molar-refractivity contribution < 1.29 is 0 Å². The van der Waals surface area contributed by atoms with Crippen LogP contribution in [0.15, 0.2) is 315 Å². The summed E-state index contributed by atoms with van der Waals surface area (Å²) in [7, 11) is 0. The highest BCUT2D eigenvalue weighted by atomic mass is 15.2. The van der Waals surface area contributed by atoms with Crippen molar-refractivity contribution in [1.29, 1.82) is 0 Å². The van der Waals surface area contributed by atoms with E-state index in [1.54, 1.807) is 0 Å². The number of fused-ring (bicyclic) bond motifs is 26. The van der Waals surface area contributed by atoms with Crippen LogP contribution in [0.3, 0.4) is 0 Å². The molecule has 17 aromatic rings. The van der Waals surface area contributed by atoms with Crippen LogP contribution in [-0.4, -0.2) is 8.80 Å². The normalized spacial score (nSPS) is 14.4. The molecule has 0 bridgehead atoms. The van der Waals surface area contributed by atoms with E-state index in [0.717, 1.165) is 11.4 Å². The van der Waals surface area contributed by atoms with Gasteiger partial charge < -0.3 is 18.6 Å².